The van der Waals surface area contributed by atoms with Gasteiger partial charge in [-0.1, -0.05) is 65.7 Å². The molecule has 150 valence electrons. The van der Waals surface area contributed by atoms with E-state index in [4.69, 9.17) is 23.2 Å². The summed E-state index contributed by atoms with van der Waals surface area (Å²) in [7, 11) is -3.16. The first-order valence-corrected chi connectivity index (χ1v) is 11.8. The first kappa shape index (κ1) is 20.2. The molecule has 7 heteroatoms. The van der Waals surface area contributed by atoms with Gasteiger partial charge in [-0.15, -0.1) is 0 Å². The molecule has 0 N–H and O–H groups in total. The van der Waals surface area contributed by atoms with Crippen LogP contribution in [-0.2, 0) is 16.4 Å². The SMILES string of the molecule is O=C(c1ccc(Cl)cc1Cl)N(Cc1cccc2ccccc12)[C@@H]1CCS(=O)(=O)C1. The van der Waals surface area contributed by atoms with Crippen LogP contribution in [0, 0.1) is 0 Å². The third-order valence-corrected chi connectivity index (χ3v) is 7.59. The summed E-state index contributed by atoms with van der Waals surface area (Å²) in [6, 6.07) is 18.2. The molecule has 29 heavy (non-hydrogen) atoms. The Morgan fingerprint density at radius 1 is 1.03 bits per heavy atom. The fourth-order valence-corrected chi connectivity index (χ4v) is 6.04. The van der Waals surface area contributed by atoms with Crippen LogP contribution in [0.15, 0.2) is 60.7 Å². The van der Waals surface area contributed by atoms with E-state index in [0.717, 1.165) is 16.3 Å². The van der Waals surface area contributed by atoms with Crippen LogP contribution in [0.3, 0.4) is 0 Å². The lowest BCUT2D eigenvalue weighted by Gasteiger charge is -2.29. The molecule has 1 atom stereocenters. The molecular formula is C22H19Cl2NO3S. The highest BCUT2D eigenvalue weighted by Crippen LogP contribution is 2.28. The van der Waals surface area contributed by atoms with Gasteiger partial charge < -0.3 is 4.90 Å². The molecule has 0 aromatic heterocycles. The number of benzene rings is 3. The van der Waals surface area contributed by atoms with Crippen molar-refractivity contribution in [3.05, 3.63) is 81.8 Å². The highest BCUT2D eigenvalue weighted by atomic mass is 35.5. The van der Waals surface area contributed by atoms with E-state index in [9.17, 15) is 13.2 Å². The van der Waals surface area contributed by atoms with Crippen LogP contribution in [0.4, 0.5) is 0 Å². The Hall–Kier alpha value is -2.08. The first-order chi connectivity index (χ1) is 13.8. The zero-order valence-corrected chi connectivity index (χ0v) is 17.8. The molecular weight excluding hydrogens is 429 g/mol. The second-order valence-electron chi connectivity index (χ2n) is 7.25. The number of amides is 1. The smallest absolute Gasteiger partial charge is 0.255 e. The number of sulfone groups is 1. The monoisotopic (exact) mass is 447 g/mol. The zero-order chi connectivity index (χ0) is 20.6. The second kappa shape index (κ2) is 7.98. The van der Waals surface area contributed by atoms with Gasteiger partial charge in [-0.05, 0) is 41.0 Å². The second-order valence-corrected chi connectivity index (χ2v) is 10.3. The molecule has 0 spiro atoms. The van der Waals surface area contributed by atoms with Crippen molar-refractivity contribution in [2.24, 2.45) is 0 Å². The molecule has 4 nitrogen and oxygen atoms in total. The Morgan fingerprint density at radius 3 is 2.52 bits per heavy atom. The third kappa shape index (κ3) is 4.27. The fourth-order valence-electron chi connectivity index (χ4n) is 3.82. The lowest BCUT2D eigenvalue weighted by molar-refractivity contribution is 0.0682. The van der Waals surface area contributed by atoms with Gasteiger partial charge in [0.15, 0.2) is 9.84 Å². The van der Waals surface area contributed by atoms with Crippen molar-refractivity contribution in [2.45, 2.75) is 19.0 Å². The maximum absolute atomic E-state index is 13.4. The molecule has 0 radical (unpaired) electrons. The topological polar surface area (TPSA) is 54.5 Å². The van der Waals surface area contributed by atoms with Crippen LogP contribution in [0.25, 0.3) is 10.8 Å². The number of nitrogens with zero attached hydrogens (tertiary/aromatic N) is 1. The summed E-state index contributed by atoms with van der Waals surface area (Å²) in [5.74, 6) is -0.234. The molecule has 1 saturated heterocycles. The Bertz CT molecular complexity index is 1190. The molecule has 3 aromatic carbocycles. The highest BCUT2D eigenvalue weighted by molar-refractivity contribution is 7.91. The van der Waals surface area contributed by atoms with E-state index in [2.05, 4.69) is 0 Å². The standard InChI is InChI=1S/C22H19Cl2NO3S/c23-17-8-9-20(21(24)12-17)22(26)25(18-10-11-29(27,28)14-18)13-16-6-3-5-15-4-1-2-7-19(15)16/h1-9,12,18H,10-11,13-14H2/t18-/m1/s1. The van der Waals surface area contributed by atoms with Crippen molar-refractivity contribution >= 4 is 49.7 Å². The molecule has 1 aliphatic rings. The predicted octanol–water partition coefficient (Wildman–Crippen LogP) is 4.98. The van der Waals surface area contributed by atoms with Gasteiger partial charge in [0.25, 0.3) is 5.91 Å². The molecule has 0 saturated carbocycles. The molecule has 3 aromatic rings. The molecule has 1 amide bonds. The summed E-state index contributed by atoms with van der Waals surface area (Å²) in [5.41, 5.74) is 1.28. The Balaban J connectivity index is 1.75. The van der Waals surface area contributed by atoms with Gasteiger partial charge in [0.1, 0.15) is 0 Å². The summed E-state index contributed by atoms with van der Waals surface area (Å²) in [6.07, 6.45) is 0.421. The van der Waals surface area contributed by atoms with Gasteiger partial charge in [0, 0.05) is 17.6 Å². The molecule has 0 aliphatic carbocycles. The third-order valence-electron chi connectivity index (χ3n) is 5.29. The predicted molar refractivity (Wildman–Crippen MR) is 117 cm³/mol. The lowest BCUT2D eigenvalue weighted by atomic mass is 10.0. The van der Waals surface area contributed by atoms with E-state index < -0.39 is 15.9 Å². The summed E-state index contributed by atoms with van der Waals surface area (Å²) in [5, 5.41) is 2.80. The molecule has 1 aliphatic heterocycles. The molecule has 1 heterocycles. The molecule has 4 rings (SSSR count). The van der Waals surface area contributed by atoms with Gasteiger partial charge >= 0.3 is 0 Å². The zero-order valence-electron chi connectivity index (χ0n) is 15.5. The maximum atomic E-state index is 13.4. The van der Waals surface area contributed by atoms with E-state index in [1.165, 1.54) is 6.07 Å². The van der Waals surface area contributed by atoms with Crippen molar-refractivity contribution in [1.82, 2.24) is 4.90 Å². The largest absolute Gasteiger partial charge is 0.330 e. The number of fused-ring (bicyclic) bond motifs is 1. The van der Waals surface area contributed by atoms with E-state index in [1.54, 1.807) is 17.0 Å². The minimum atomic E-state index is -3.16. The number of carbonyl (C=O) groups excluding carboxylic acids is 1. The average molecular weight is 448 g/mol. The number of hydrogen-bond acceptors (Lipinski definition) is 3. The van der Waals surface area contributed by atoms with Gasteiger partial charge in [0.05, 0.1) is 22.1 Å². The van der Waals surface area contributed by atoms with Crippen molar-refractivity contribution in [3.63, 3.8) is 0 Å². The van der Waals surface area contributed by atoms with E-state index in [1.807, 2.05) is 42.5 Å². The van der Waals surface area contributed by atoms with Crippen LogP contribution in [-0.4, -0.2) is 36.8 Å². The van der Waals surface area contributed by atoms with E-state index >= 15 is 0 Å². The van der Waals surface area contributed by atoms with Crippen molar-refractivity contribution < 1.29 is 13.2 Å². The maximum Gasteiger partial charge on any atom is 0.255 e. The minimum absolute atomic E-state index is 0.0330. The van der Waals surface area contributed by atoms with E-state index in [-0.39, 0.29) is 22.4 Å². The molecule has 0 bridgehead atoms. The normalized spacial score (nSPS) is 18.1. The van der Waals surface area contributed by atoms with Gasteiger partial charge in [0.2, 0.25) is 0 Å². The van der Waals surface area contributed by atoms with Gasteiger partial charge in [-0.2, -0.15) is 0 Å². The van der Waals surface area contributed by atoms with Crippen LogP contribution in [0.1, 0.15) is 22.3 Å². The van der Waals surface area contributed by atoms with Gasteiger partial charge in [-0.3, -0.25) is 4.79 Å². The molecule has 1 fully saturated rings. The Labute approximate surface area is 180 Å². The van der Waals surface area contributed by atoms with Crippen LogP contribution >= 0.6 is 23.2 Å². The Morgan fingerprint density at radius 2 is 1.79 bits per heavy atom. The van der Waals surface area contributed by atoms with Gasteiger partial charge in [-0.25, -0.2) is 8.42 Å². The molecule has 0 unspecified atom stereocenters. The quantitative estimate of drug-likeness (QED) is 0.566. The van der Waals surface area contributed by atoms with Crippen molar-refractivity contribution in [3.8, 4) is 0 Å². The Kier molecular flexibility index (Phi) is 5.56. The lowest BCUT2D eigenvalue weighted by Crippen LogP contribution is -2.40. The average Bonchev–Trinajstić information content (AvgIpc) is 3.05. The number of halogens is 2. The summed E-state index contributed by atoms with van der Waals surface area (Å²) in [4.78, 5) is 15.1. The summed E-state index contributed by atoms with van der Waals surface area (Å²) in [6.45, 7) is 0.305. The van der Waals surface area contributed by atoms with E-state index in [0.29, 0.717) is 23.6 Å². The van der Waals surface area contributed by atoms with Crippen molar-refractivity contribution in [2.75, 3.05) is 11.5 Å². The van der Waals surface area contributed by atoms with Crippen molar-refractivity contribution in [1.29, 1.82) is 0 Å². The summed E-state index contributed by atoms with van der Waals surface area (Å²) < 4.78 is 24.2. The number of hydrogen-bond donors (Lipinski definition) is 0. The highest BCUT2D eigenvalue weighted by Gasteiger charge is 2.35. The minimum Gasteiger partial charge on any atom is -0.330 e. The summed E-state index contributed by atoms with van der Waals surface area (Å²) >= 11 is 12.3. The first-order valence-electron chi connectivity index (χ1n) is 9.27. The number of rotatable bonds is 4. The van der Waals surface area contributed by atoms with Crippen LogP contribution < -0.4 is 0 Å². The fraction of sp³-hybridized carbons (Fsp3) is 0.227. The van der Waals surface area contributed by atoms with Crippen LogP contribution in [0.5, 0.6) is 0 Å². The van der Waals surface area contributed by atoms with Crippen LogP contribution in [0.2, 0.25) is 10.0 Å². The number of carbonyl (C=O) groups is 1.